The number of benzene rings is 1. The molecule has 1 heterocycles. The fourth-order valence-electron chi connectivity index (χ4n) is 2.61. The van der Waals surface area contributed by atoms with Crippen molar-refractivity contribution in [3.05, 3.63) is 53.5 Å². The van der Waals surface area contributed by atoms with Gasteiger partial charge in [0.05, 0.1) is 12.3 Å². The highest BCUT2D eigenvalue weighted by Crippen LogP contribution is 2.24. The second-order valence-electron chi connectivity index (χ2n) is 6.82. The van der Waals surface area contributed by atoms with Crippen molar-refractivity contribution in [2.75, 3.05) is 11.9 Å². The molecule has 3 nitrogen and oxygen atoms in total. The summed E-state index contributed by atoms with van der Waals surface area (Å²) in [5.74, 6) is 1.56. The minimum Gasteiger partial charge on any atom is -0.467 e. The average Bonchev–Trinajstić information content (AvgIpc) is 3.05. The van der Waals surface area contributed by atoms with E-state index >= 15 is 0 Å². The molecule has 1 unspecified atom stereocenters. The summed E-state index contributed by atoms with van der Waals surface area (Å²) in [6.45, 7) is 11.7. The molecule has 2 rings (SSSR count). The molecule has 2 aromatic rings. The van der Waals surface area contributed by atoms with Gasteiger partial charge >= 0.3 is 0 Å². The van der Waals surface area contributed by atoms with E-state index < -0.39 is 0 Å². The van der Waals surface area contributed by atoms with E-state index in [-0.39, 0.29) is 6.04 Å². The number of hydrogen-bond acceptors (Lipinski definition) is 2. The molecule has 0 amide bonds. The predicted molar refractivity (Wildman–Crippen MR) is 105 cm³/mol. The van der Waals surface area contributed by atoms with E-state index in [2.05, 4.69) is 63.0 Å². The lowest BCUT2D eigenvalue weighted by molar-refractivity contribution is 0.281. The molecule has 4 heteroatoms. The maximum absolute atomic E-state index is 5.74. The predicted octanol–water partition coefficient (Wildman–Crippen LogP) is 5.70. The Labute approximate surface area is 151 Å². The molecule has 0 saturated heterocycles. The lowest BCUT2D eigenvalue weighted by atomic mass is 10.1. The number of nitrogens with one attached hydrogen (secondary N) is 1. The number of rotatable bonds is 6. The fourth-order valence-corrected chi connectivity index (χ4v) is 2.97. The zero-order chi connectivity index (χ0) is 17.7. The van der Waals surface area contributed by atoms with E-state index in [1.165, 1.54) is 11.1 Å². The molecule has 24 heavy (non-hydrogen) atoms. The molecule has 1 atom stereocenters. The number of hydrogen-bond donors (Lipinski definition) is 1. The third kappa shape index (κ3) is 4.84. The zero-order valence-electron chi connectivity index (χ0n) is 15.3. The third-order valence-electron chi connectivity index (χ3n) is 4.27. The first-order chi connectivity index (χ1) is 11.4. The molecule has 1 aromatic carbocycles. The topological polar surface area (TPSA) is 28.4 Å². The minimum absolute atomic E-state index is 0.101. The molecule has 0 saturated carbocycles. The Bertz CT molecular complexity index is 664. The Hall–Kier alpha value is -1.81. The van der Waals surface area contributed by atoms with Gasteiger partial charge in [0.2, 0.25) is 0 Å². The van der Waals surface area contributed by atoms with Crippen molar-refractivity contribution >= 4 is 23.0 Å². The van der Waals surface area contributed by atoms with Crippen LogP contribution in [-0.4, -0.2) is 16.6 Å². The molecule has 0 spiro atoms. The quantitative estimate of drug-likeness (QED) is 0.680. The number of thiocarbonyl (C=S) groups is 1. The molecular weight excluding hydrogens is 316 g/mol. The second-order valence-corrected chi connectivity index (χ2v) is 7.20. The largest absolute Gasteiger partial charge is 0.467 e. The van der Waals surface area contributed by atoms with Crippen molar-refractivity contribution < 1.29 is 4.42 Å². The van der Waals surface area contributed by atoms with E-state index in [0.717, 1.165) is 29.5 Å². The Morgan fingerprint density at radius 2 is 1.96 bits per heavy atom. The highest BCUT2D eigenvalue weighted by atomic mass is 32.1. The van der Waals surface area contributed by atoms with E-state index in [4.69, 9.17) is 16.6 Å². The van der Waals surface area contributed by atoms with Crippen molar-refractivity contribution in [3.8, 4) is 0 Å². The number of furan rings is 1. The molecule has 1 N–H and O–H groups in total. The summed E-state index contributed by atoms with van der Waals surface area (Å²) in [7, 11) is 0. The SMILES string of the molecule is Cc1ccc(C)c(NC(=S)N(CCC(C)C)C(C)c2ccco2)c1. The first-order valence-electron chi connectivity index (χ1n) is 8.56. The minimum atomic E-state index is 0.101. The van der Waals surface area contributed by atoms with Gasteiger partial charge in [-0.3, -0.25) is 0 Å². The average molecular weight is 345 g/mol. The van der Waals surface area contributed by atoms with Gasteiger partial charge in [0.25, 0.3) is 0 Å². The first kappa shape index (κ1) is 18.5. The van der Waals surface area contributed by atoms with Crippen LogP contribution in [0.5, 0.6) is 0 Å². The summed E-state index contributed by atoms with van der Waals surface area (Å²) < 4.78 is 5.60. The van der Waals surface area contributed by atoms with Crippen molar-refractivity contribution in [1.29, 1.82) is 0 Å². The first-order valence-corrected chi connectivity index (χ1v) is 8.97. The lowest BCUT2D eigenvalue weighted by Crippen LogP contribution is -2.38. The Morgan fingerprint density at radius 1 is 1.21 bits per heavy atom. The maximum atomic E-state index is 5.74. The second kappa shape index (κ2) is 8.34. The van der Waals surface area contributed by atoms with Gasteiger partial charge in [-0.25, -0.2) is 0 Å². The van der Waals surface area contributed by atoms with Crippen LogP contribution in [0.2, 0.25) is 0 Å². The van der Waals surface area contributed by atoms with E-state index in [0.29, 0.717) is 5.92 Å². The van der Waals surface area contributed by atoms with Gasteiger partial charge in [-0.15, -0.1) is 0 Å². The highest BCUT2D eigenvalue weighted by molar-refractivity contribution is 7.80. The van der Waals surface area contributed by atoms with Crippen LogP contribution in [0.4, 0.5) is 5.69 Å². The van der Waals surface area contributed by atoms with Crippen LogP contribution in [0.15, 0.2) is 41.0 Å². The molecule has 130 valence electrons. The normalized spacial score (nSPS) is 12.2. The van der Waals surface area contributed by atoms with Crippen LogP contribution >= 0.6 is 12.2 Å². The van der Waals surface area contributed by atoms with Gasteiger partial charge in [-0.2, -0.15) is 0 Å². The number of aryl methyl sites for hydroxylation is 2. The maximum Gasteiger partial charge on any atom is 0.174 e. The smallest absolute Gasteiger partial charge is 0.174 e. The summed E-state index contributed by atoms with van der Waals surface area (Å²) in [4.78, 5) is 2.22. The van der Waals surface area contributed by atoms with Crippen LogP contribution in [-0.2, 0) is 0 Å². The monoisotopic (exact) mass is 344 g/mol. The molecule has 0 aliphatic rings. The van der Waals surface area contributed by atoms with Crippen LogP contribution in [0.25, 0.3) is 0 Å². The van der Waals surface area contributed by atoms with Crippen molar-refractivity contribution in [3.63, 3.8) is 0 Å². The van der Waals surface area contributed by atoms with Crippen molar-refractivity contribution in [1.82, 2.24) is 4.90 Å². The highest BCUT2D eigenvalue weighted by Gasteiger charge is 2.21. The van der Waals surface area contributed by atoms with Gasteiger partial charge in [0, 0.05) is 12.2 Å². The molecule has 0 aliphatic carbocycles. The number of anilines is 1. The molecule has 0 aliphatic heterocycles. The Morgan fingerprint density at radius 3 is 2.58 bits per heavy atom. The Balaban J connectivity index is 2.18. The third-order valence-corrected chi connectivity index (χ3v) is 4.60. The summed E-state index contributed by atoms with van der Waals surface area (Å²) >= 11 is 5.74. The molecule has 1 aromatic heterocycles. The van der Waals surface area contributed by atoms with E-state index in [1.54, 1.807) is 6.26 Å². The van der Waals surface area contributed by atoms with Crippen LogP contribution < -0.4 is 5.32 Å². The van der Waals surface area contributed by atoms with Gasteiger partial charge in [0.1, 0.15) is 5.76 Å². The zero-order valence-corrected chi connectivity index (χ0v) is 16.1. The van der Waals surface area contributed by atoms with Gasteiger partial charge in [0.15, 0.2) is 5.11 Å². The van der Waals surface area contributed by atoms with Crippen LogP contribution in [0.1, 0.15) is 50.1 Å². The summed E-state index contributed by atoms with van der Waals surface area (Å²) in [6.07, 6.45) is 2.80. The number of nitrogens with zero attached hydrogens (tertiary/aromatic N) is 1. The fraction of sp³-hybridized carbons (Fsp3) is 0.450. The summed E-state index contributed by atoms with van der Waals surface area (Å²) in [5.41, 5.74) is 3.48. The van der Waals surface area contributed by atoms with E-state index in [9.17, 15) is 0 Å². The summed E-state index contributed by atoms with van der Waals surface area (Å²) in [6, 6.07) is 10.4. The van der Waals surface area contributed by atoms with Crippen LogP contribution in [0, 0.1) is 19.8 Å². The van der Waals surface area contributed by atoms with Crippen LogP contribution in [0.3, 0.4) is 0 Å². The lowest BCUT2D eigenvalue weighted by Gasteiger charge is -2.31. The van der Waals surface area contributed by atoms with Crippen molar-refractivity contribution in [2.45, 2.75) is 47.1 Å². The standard InChI is InChI=1S/C20H28N2OS/c1-14(2)10-11-22(17(5)19-7-6-12-23-19)20(24)21-18-13-15(3)8-9-16(18)4/h6-9,12-14,17H,10-11H2,1-5H3,(H,21,24). The Kier molecular flexibility index (Phi) is 6.44. The molecular formula is C20H28N2OS. The summed E-state index contributed by atoms with van der Waals surface area (Å²) in [5, 5.41) is 4.18. The van der Waals surface area contributed by atoms with Crippen molar-refractivity contribution in [2.24, 2.45) is 5.92 Å². The van der Waals surface area contributed by atoms with Gasteiger partial charge < -0.3 is 14.6 Å². The van der Waals surface area contributed by atoms with Gasteiger partial charge in [-0.1, -0.05) is 26.0 Å². The molecule has 0 bridgehead atoms. The molecule has 0 fully saturated rings. The molecule has 0 radical (unpaired) electrons. The van der Waals surface area contributed by atoms with E-state index in [1.807, 2.05) is 12.1 Å². The van der Waals surface area contributed by atoms with Gasteiger partial charge in [-0.05, 0) is 74.7 Å².